The summed E-state index contributed by atoms with van der Waals surface area (Å²) < 4.78 is 1.51. The topological polar surface area (TPSA) is 91.9 Å². The molecule has 0 unspecified atom stereocenters. The molecule has 7 nitrogen and oxygen atoms in total. The van der Waals surface area contributed by atoms with Gasteiger partial charge in [-0.15, -0.1) is 0 Å². The number of hydrogen-bond donors (Lipinski definition) is 0. The van der Waals surface area contributed by atoms with Crippen LogP contribution in [0.25, 0.3) is 11.2 Å². The zero-order chi connectivity index (χ0) is 19.5. The van der Waals surface area contributed by atoms with E-state index in [9.17, 15) is 9.59 Å². The van der Waals surface area contributed by atoms with Gasteiger partial charge >= 0.3 is 0 Å². The van der Waals surface area contributed by atoms with Crippen LogP contribution in [0.5, 0.6) is 0 Å². The van der Waals surface area contributed by atoms with E-state index in [2.05, 4.69) is 16.0 Å². The van der Waals surface area contributed by atoms with Crippen molar-refractivity contribution >= 4 is 17.1 Å². The number of benzene rings is 1. The average Bonchev–Trinajstić information content (AvgIpc) is 2.76. The van der Waals surface area contributed by atoms with E-state index < -0.39 is 5.56 Å². The fraction of sp³-hybridized carbons (Fsp3) is 0.286. The minimum Gasteiger partial charge on any atom is -0.337 e. The molecule has 1 saturated heterocycles. The Morgan fingerprint density at radius 1 is 1.14 bits per heavy atom. The summed E-state index contributed by atoms with van der Waals surface area (Å²) in [5.41, 5.74) is 1.37. The second-order valence-corrected chi connectivity index (χ2v) is 6.88. The van der Waals surface area contributed by atoms with Gasteiger partial charge in [-0.3, -0.25) is 14.2 Å². The molecule has 1 aromatic carbocycles. The van der Waals surface area contributed by atoms with Gasteiger partial charge in [0.25, 0.3) is 11.5 Å². The van der Waals surface area contributed by atoms with Crippen LogP contribution in [0.3, 0.4) is 0 Å². The third kappa shape index (κ3) is 3.37. The van der Waals surface area contributed by atoms with Crippen molar-refractivity contribution in [1.82, 2.24) is 19.4 Å². The second-order valence-electron chi connectivity index (χ2n) is 6.88. The molecule has 1 amide bonds. The van der Waals surface area contributed by atoms with Gasteiger partial charge in [0, 0.05) is 25.2 Å². The van der Waals surface area contributed by atoms with Gasteiger partial charge < -0.3 is 4.90 Å². The quantitative estimate of drug-likeness (QED) is 0.702. The van der Waals surface area contributed by atoms with Gasteiger partial charge in [-0.25, -0.2) is 9.97 Å². The maximum Gasteiger partial charge on any atom is 0.284 e. The van der Waals surface area contributed by atoms with Gasteiger partial charge in [-0.1, -0.05) is 30.3 Å². The molecule has 2 aromatic heterocycles. The summed E-state index contributed by atoms with van der Waals surface area (Å²) in [5, 5.41) is 9.05. The standard InChI is InChI=1S/C21H19N5O2/c22-13-15-8-11-25(12-9-15)20(27)18-21(28)26(14-16-5-2-1-3-6-16)19-17(24-18)7-4-10-23-19/h1-7,10,15H,8-9,11-12,14H2. The van der Waals surface area contributed by atoms with Gasteiger partial charge in [0.1, 0.15) is 5.52 Å². The van der Waals surface area contributed by atoms with Crippen molar-refractivity contribution in [3.05, 3.63) is 70.3 Å². The summed E-state index contributed by atoms with van der Waals surface area (Å²) in [6.07, 6.45) is 2.85. The number of fused-ring (bicyclic) bond motifs is 1. The Balaban J connectivity index is 1.75. The summed E-state index contributed by atoms with van der Waals surface area (Å²) >= 11 is 0. The number of nitriles is 1. The van der Waals surface area contributed by atoms with Crippen molar-refractivity contribution < 1.29 is 4.79 Å². The van der Waals surface area contributed by atoms with Crippen LogP contribution >= 0.6 is 0 Å². The van der Waals surface area contributed by atoms with Crippen LogP contribution in [0.2, 0.25) is 0 Å². The Morgan fingerprint density at radius 2 is 1.89 bits per heavy atom. The first kappa shape index (κ1) is 17.9. The maximum absolute atomic E-state index is 13.2. The van der Waals surface area contributed by atoms with E-state index in [0.717, 1.165) is 5.56 Å². The van der Waals surface area contributed by atoms with Crippen molar-refractivity contribution in [3.8, 4) is 6.07 Å². The van der Waals surface area contributed by atoms with Crippen LogP contribution in [-0.4, -0.2) is 38.4 Å². The predicted octanol–water partition coefficient (Wildman–Crippen LogP) is 2.22. The summed E-state index contributed by atoms with van der Waals surface area (Å²) in [6, 6.07) is 15.3. The smallest absolute Gasteiger partial charge is 0.284 e. The van der Waals surface area contributed by atoms with Gasteiger partial charge in [0.2, 0.25) is 0 Å². The summed E-state index contributed by atoms with van der Waals surface area (Å²) in [4.78, 5) is 36.4. The largest absolute Gasteiger partial charge is 0.337 e. The highest BCUT2D eigenvalue weighted by Gasteiger charge is 2.27. The molecule has 0 spiro atoms. The van der Waals surface area contributed by atoms with E-state index in [-0.39, 0.29) is 17.5 Å². The fourth-order valence-electron chi connectivity index (χ4n) is 3.49. The van der Waals surface area contributed by atoms with E-state index in [1.54, 1.807) is 23.2 Å². The monoisotopic (exact) mass is 373 g/mol. The van der Waals surface area contributed by atoms with E-state index in [1.165, 1.54) is 4.57 Å². The van der Waals surface area contributed by atoms with E-state index in [1.807, 2.05) is 30.3 Å². The molecule has 0 N–H and O–H groups in total. The Labute approximate surface area is 161 Å². The lowest BCUT2D eigenvalue weighted by molar-refractivity contribution is 0.0699. The third-order valence-electron chi connectivity index (χ3n) is 5.05. The molecule has 1 aliphatic rings. The molecule has 0 aliphatic carbocycles. The fourth-order valence-corrected chi connectivity index (χ4v) is 3.49. The number of rotatable bonds is 3. The number of carbonyl (C=O) groups excluding carboxylic acids is 1. The maximum atomic E-state index is 13.2. The number of likely N-dealkylation sites (tertiary alicyclic amines) is 1. The highest BCUT2D eigenvalue weighted by molar-refractivity contribution is 5.93. The molecule has 3 heterocycles. The Morgan fingerprint density at radius 3 is 2.61 bits per heavy atom. The van der Waals surface area contributed by atoms with Crippen LogP contribution in [-0.2, 0) is 6.54 Å². The number of amides is 1. The molecule has 0 bridgehead atoms. The zero-order valence-corrected chi connectivity index (χ0v) is 15.3. The van der Waals surface area contributed by atoms with Crippen LogP contribution < -0.4 is 5.56 Å². The molecule has 28 heavy (non-hydrogen) atoms. The SMILES string of the molecule is N#CC1CCN(C(=O)c2nc3cccnc3n(Cc3ccccc3)c2=O)CC1. The zero-order valence-electron chi connectivity index (χ0n) is 15.3. The predicted molar refractivity (Wildman–Crippen MR) is 104 cm³/mol. The minimum atomic E-state index is -0.442. The van der Waals surface area contributed by atoms with Gasteiger partial charge in [-0.2, -0.15) is 5.26 Å². The first-order valence-corrected chi connectivity index (χ1v) is 9.26. The summed E-state index contributed by atoms with van der Waals surface area (Å²) in [7, 11) is 0. The van der Waals surface area contributed by atoms with Crippen molar-refractivity contribution in [2.75, 3.05) is 13.1 Å². The normalized spacial score (nSPS) is 14.8. The number of pyridine rings is 1. The molecule has 4 rings (SSSR count). The molecular weight excluding hydrogens is 354 g/mol. The summed E-state index contributed by atoms with van der Waals surface area (Å²) in [5.74, 6) is -0.415. The third-order valence-corrected chi connectivity index (χ3v) is 5.05. The van der Waals surface area contributed by atoms with Crippen LogP contribution in [0, 0.1) is 17.2 Å². The van der Waals surface area contributed by atoms with Crippen LogP contribution in [0.1, 0.15) is 28.9 Å². The van der Waals surface area contributed by atoms with E-state index in [0.29, 0.717) is 43.6 Å². The minimum absolute atomic E-state index is 0.0347. The number of hydrogen-bond acceptors (Lipinski definition) is 5. The Bertz CT molecular complexity index is 1110. The number of carbonyl (C=O) groups is 1. The van der Waals surface area contributed by atoms with Crippen molar-refractivity contribution in [2.45, 2.75) is 19.4 Å². The Hall–Kier alpha value is -3.53. The Kier molecular flexibility index (Phi) is 4.85. The van der Waals surface area contributed by atoms with Crippen LogP contribution in [0.15, 0.2) is 53.5 Å². The first-order chi connectivity index (χ1) is 13.7. The van der Waals surface area contributed by atoms with Crippen molar-refractivity contribution in [1.29, 1.82) is 5.26 Å². The van der Waals surface area contributed by atoms with Gasteiger partial charge in [-0.05, 0) is 30.5 Å². The second kappa shape index (κ2) is 7.61. The van der Waals surface area contributed by atoms with Gasteiger partial charge in [0.15, 0.2) is 11.3 Å². The summed E-state index contributed by atoms with van der Waals surface area (Å²) in [6.45, 7) is 1.23. The molecule has 7 heteroatoms. The lowest BCUT2D eigenvalue weighted by Crippen LogP contribution is -2.42. The molecule has 1 aliphatic heterocycles. The molecule has 140 valence electrons. The van der Waals surface area contributed by atoms with Crippen molar-refractivity contribution in [3.63, 3.8) is 0 Å². The number of piperidine rings is 1. The lowest BCUT2D eigenvalue weighted by Gasteiger charge is -2.28. The average molecular weight is 373 g/mol. The van der Waals surface area contributed by atoms with E-state index in [4.69, 9.17) is 5.26 Å². The van der Waals surface area contributed by atoms with Crippen LogP contribution in [0.4, 0.5) is 0 Å². The highest BCUT2D eigenvalue weighted by Crippen LogP contribution is 2.18. The number of nitrogens with zero attached hydrogens (tertiary/aromatic N) is 5. The van der Waals surface area contributed by atoms with Crippen molar-refractivity contribution in [2.24, 2.45) is 5.92 Å². The molecule has 0 radical (unpaired) electrons. The van der Waals surface area contributed by atoms with E-state index >= 15 is 0 Å². The number of aromatic nitrogens is 3. The molecule has 3 aromatic rings. The molecule has 1 fully saturated rings. The lowest BCUT2D eigenvalue weighted by atomic mass is 9.98. The molecule has 0 atom stereocenters. The molecule has 0 saturated carbocycles. The highest BCUT2D eigenvalue weighted by atomic mass is 16.2. The van der Waals surface area contributed by atoms with Gasteiger partial charge in [0.05, 0.1) is 12.6 Å². The molecular formula is C21H19N5O2. The first-order valence-electron chi connectivity index (χ1n) is 9.26.